The fourth-order valence-electron chi connectivity index (χ4n) is 1.81. The summed E-state index contributed by atoms with van der Waals surface area (Å²) < 4.78 is 10.6. The highest BCUT2D eigenvalue weighted by Gasteiger charge is 2.15. The van der Waals surface area contributed by atoms with Gasteiger partial charge in [0.2, 0.25) is 0 Å². The molecular formula is C17H26O3. The van der Waals surface area contributed by atoms with Gasteiger partial charge in [-0.2, -0.15) is 0 Å². The minimum atomic E-state index is -0.154. The van der Waals surface area contributed by atoms with Gasteiger partial charge in [0.1, 0.15) is 5.75 Å². The number of esters is 1. The summed E-state index contributed by atoms with van der Waals surface area (Å²) in [6, 6.07) is 8.14. The van der Waals surface area contributed by atoms with Crippen molar-refractivity contribution in [3.05, 3.63) is 29.8 Å². The van der Waals surface area contributed by atoms with Crippen LogP contribution in [-0.2, 0) is 14.9 Å². The van der Waals surface area contributed by atoms with E-state index in [9.17, 15) is 4.79 Å². The third-order valence-electron chi connectivity index (χ3n) is 3.23. The molecule has 0 N–H and O–H groups in total. The Bertz CT molecular complexity index is 415. The molecule has 1 unspecified atom stereocenters. The normalized spacial score (nSPS) is 12.8. The molecular weight excluding hydrogens is 252 g/mol. The highest BCUT2D eigenvalue weighted by molar-refractivity contribution is 5.71. The molecule has 0 fully saturated rings. The Kier molecular flexibility index (Phi) is 6.05. The van der Waals surface area contributed by atoms with Gasteiger partial charge >= 0.3 is 5.97 Å². The summed E-state index contributed by atoms with van der Waals surface area (Å²) in [5.41, 5.74) is 1.43. The molecule has 0 aromatic heterocycles. The molecule has 0 aliphatic carbocycles. The second-order valence-corrected chi connectivity index (χ2v) is 6.06. The highest BCUT2D eigenvalue weighted by Crippen LogP contribution is 2.24. The third kappa shape index (κ3) is 5.24. The van der Waals surface area contributed by atoms with Crippen molar-refractivity contribution in [3.63, 3.8) is 0 Å². The van der Waals surface area contributed by atoms with E-state index in [0.29, 0.717) is 19.6 Å². The smallest absolute Gasteiger partial charge is 0.308 e. The minimum absolute atomic E-state index is 0.121. The van der Waals surface area contributed by atoms with E-state index in [4.69, 9.17) is 9.47 Å². The molecule has 0 aliphatic rings. The van der Waals surface area contributed by atoms with Gasteiger partial charge in [-0.05, 0) is 36.5 Å². The number of hydrogen-bond acceptors (Lipinski definition) is 3. The fraction of sp³-hybridized carbons (Fsp3) is 0.588. The first-order valence-electron chi connectivity index (χ1n) is 7.24. The lowest BCUT2D eigenvalue weighted by Crippen LogP contribution is -2.17. The minimum Gasteiger partial charge on any atom is -0.494 e. The van der Waals surface area contributed by atoms with Crippen molar-refractivity contribution in [2.24, 2.45) is 5.92 Å². The average Bonchev–Trinajstić information content (AvgIpc) is 2.38. The van der Waals surface area contributed by atoms with Gasteiger partial charge in [0, 0.05) is 0 Å². The molecule has 0 amide bonds. The maximum absolute atomic E-state index is 11.5. The predicted molar refractivity (Wildman–Crippen MR) is 81.1 cm³/mol. The lowest BCUT2D eigenvalue weighted by atomic mass is 9.87. The van der Waals surface area contributed by atoms with E-state index in [1.165, 1.54) is 5.56 Å². The molecule has 1 rings (SSSR count). The molecule has 0 saturated carbocycles. The van der Waals surface area contributed by atoms with E-state index < -0.39 is 0 Å². The predicted octanol–water partition coefficient (Wildman–Crippen LogP) is 3.95. The van der Waals surface area contributed by atoms with Gasteiger partial charge in [0.05, 0.1) is 19.1 Å². The highest BCUT2D eigenvalue weighted by atomic mass is 16.5. The molecule has 0 spiro atoms. The molecule has 0 bridgehead atoms. The summed E-state index contributed by atoms with van der Waals surface area (Å²) in [7, 11) is 0. The van der Waals surface area contributed by atoms with Crippen molar-refractivity contribution in [2.75, 3.05) is 13.2 Å². The molecule has 0 saturated heterocycles. The molecule has 0 aliphatic heterocycles. The summed E-state index contributed by atoms with van der Waals surface area (Å²) in [6.45, 7) is 11.2. The monoisotopic (exact) mass is 278 g/mol. The maximum atomic E-state index is 11.5. The average molecular weight is 278 g/mol. The Labute approximate surface area is 122 Å². The zero-order valence-electron chi connectivity index (χ0n) is 13.2. The van der Waals surface area contributed by atoms with E-state index in [-0.39, 0.29) is 17.3 Å². The quantitative estimate of drug-likeness (QED) is 0.739. The summed E-state index contributed by atoms with van der Waals surface area (Å²) in [5, 5.41) is 0. The van der Waals surface area contributed by atoms with Gasteiger partial charge in [-0.3, -0.25) is 4.79 Å². The van der Waals surface area contributed by atoms with Crippen molar-refractivity contribution in [3.8, 4) is 5.75 Å². The zero-order chi connectivity index (χ0) is 15.2. The van der Waals surface area contributed by atoms with Crippen LogP contribution in [0.25, 0.3) is 0 Å². The Morgan fingerprint density at radius 2 is 1.80 bits per heavy atom. The van der Waals surface area contributed by atoms with E-state index in [1.807, 2.05) is 26.0 Å². The van der Waals surface area contributed by atoms with Crippen molar-refractivity contribution in [2.45, 2.75) is 46.5 Å². The van der Waals surface area contributed by atoms with Gasteiger partial charge in [0.25, 0.3) is 0 Å². The molecule has 0 heterocycles. The number of rotatable bonds is 6. The molecule has 3 nitrogen and oxygen atoms in total. The van der Waals surface area contributed by atoms with Crippen LogP contribution in [0, 0.1) is 5.92 Å². The van der Waals surface area contributed by atoms with Gasteiger partial charge < -0.3 is 9.47 Å². The third-order valence-corrected chi connectivity index (χ3v) is 3.23. The van der Waals surface area contributed by atoms with Crippen LogP contribution in [-0.4, -0.2) is 19.2 Å². The maximum Gasteiger partial charge on any atom is 0.308 e. The molecule has 20 heavy (non-hydrogen) atoms. The Hall–Kier alpha value is -1.51. The Morgan fingerprint density at radius 1 is 1.20 bits per heavy atom. The molecule has 1 aromatic carbocycles. The summed E-state index contributed by atoms with van der Waals surface area (Å²) in [5.74, 6) is 0.567. The van der Waals surface area contributed by atoms with Gasteiger partial charge in [-0.25, -0.2) is 0 Å². The van der Waals surface area contributed by atoms with E-state index in [0.717, 1.165) is 5.75 Å². The Morgan fingerprint density at radius 3 is 2.30 bits per heavy atom. The number of carbonyl (C=O) groups excluding carboxylic acids is 1. The summed E-state index contributed by atoms with van der Waals surface area (Å²) >= 11 is 0. The summed E-state index contributed by atoms with van der Waals surface area (Å²) in [6.07, 6.45) is 0.667. The van der Waals surface area contributed by atoms with Gasteiger partial charge in [-0.1, -0.05) is 39.8 Å². The van der Waals surface area contributed by atoms with Crippen LogP contribution in [0.3, 0.4) is 0 Å². The first-order chi connectivity index (χ1) is 9.34. The van der Waals surface area contributed by atoms with Crippen molar-refractivity contribution in [1.82, 2.24) is 0 Å². The van der Waals surface area contributed by atoms with Gasteiger partial charge in [0.15, 0.2) is 0 Å². The van der Waals surface area contributed by atoms with Crippen LogP contribution in [0.1, 0.15) is 46.6 Å². The molecule has 1 atom stereocenters. The van der Waals surface area contributed by atoms with Crippen molar-refractivity contribution in [1.29, 1.82) is 0 Å². The summed E-state index contributed by atoms with van der Waals surface area (Å²) in [4.78, 5) is 11.5. The lowest BCUT2D eigenvalue weighted by molar-refractivity contribution is -0.147. The standard InChI is InChI=1S/C17H26O3/c1-6-19-16(18)13(2)11-12-20-15-9-7-14(8-10-15)17(3,4)5/h7-10,13H,6,11-12H2,1-5H3. The van der Waals surface area contributed by atoms with Crippen LogP contribution in [0.2, 0.25) is 0 Å². The van der Waals surface area contributed by atoms with Crippen molar-refractivity contribution >= 4 is 5.97 Å². The number of hydrogen-bond donors (Lipinski definition) is 0. The zero-order valence-corrected chi connectivity index (χ0v) is 13.2. The first-order valence-corrected chi connectivity index (χ1v) is 7.24. The second-order valence-electron chi connectivity index (χ2n) is 6.06. The van der Waals surface area contributed by atoms with Gasteiger partial charge in [-0.15, -0.1) is 0 Å². The molecule has 3 heteroatoms. The SMILES string of the molecule is CCOC(=O)C(C)CCOc1ccc(C(C)(C)C)cc1. The van der Waals surface area contributed by atoms with Crippen LogP contribution < -0.4 is 4.74 Å². The number of carbonyl (C=O) groups is 1. The molecule has 0 radical (unpaired) electrons. The van der Waals surface area contributed by atoms with Crippen LogP contribution in [0.4, 0.5) is 0 Å². The Balaban J connectivity index is 2.41. The van der Waals surface area contributed by atoms with Crippen LogP contribution in [0.5, 0.6) is 5.75 Å². The van der Waals surface area contributed by atoms with Crippen LogP contribution >= 0.6 is 0 Å². The fourth-order valence-corrected chi connectivity index (χ4v) is 1.81. The van der Waals surface area contributed by atoms with E-state index in [2.05, 4.69) is 32.9 Å². The van der Waals surface area contributed by atoms with Crippen LogP contribution in [0.15, 0.2) is 24.3 Å². The topological polar surface area (TPSA) is 35.5 Å². The largest absolute Gasteiger partial charge is 0.494 e. The number of benzene rings is 1. The van der Waals surface area contributed by atoms with Crippen molar-refractivity contribution < 1.29 is 14.3 Å². The molecule has 1 aromatic rings. The lowest BCUT2D eigenvalue weighted by Gasteiger charge is -2.19. The molecule has 112 valence electrons. The van der Waals surface area contributed by atoms with E-state index in [1.54, 1.807) is 0 Å². The second kappa shape index (κ2) is 7.32. The number of ether oxygens (including phenoxy) is 2. The first kappa shape index (κ1) is 16.5. The van der Waals surface area contributed by atoms with E-state index >= 15 is 0 Å².